The van der Waals surface area contributed by atoms with Crippen molar-refractivity contribution in [1.82, 2.24) is 9.97 Å². The maximum Gasteiger partial charge on any atom is 0.227 e. The fourth-order valence-electron chi connectivity index (χ4n) is 2.90. The van der Waals surface area contributed by atoms with Crippen LogP contribution in [0.4, 0.5) is 11.8 Å². The number of aromatic nitrogens is 2. The molecule has 1 saturated carbocycles. The van der Waals surface area contributed by atoms with Crippen molar-refractivity contribution in [2.75, 3.05) is 23.3 Å². The summed E-state index contributed by atoms with van der Waals surface area (Å²) in [6, 6.07) is 2.67. The Morgan fingerprint density at radius 3 is 2.40 bits per heavy atom. The number of hydrogen-bond acceptors (Lipinski definition) is 4. The van der Waals surface area contributed by atoms with Crippen molar-refractivity contribution in [2.45, 2.75) is 65.3 Å². The molecule has 0 radical (unpaired) electrons. The molecule has 20 heavy (non-hydrogen) atoms. The van der Waals surface area contributed by atoms with E-state index in [2.05, 4.69) is 42.0 Å². The van der Waals surface area contributed by atoms with E-state index in [0.717, 1.165) is 43.4 Å². The van der Waals surface area contributed by atoms with Crippen LogP contribution in [0.1, 0.15) is 58.1 Å². The van der Waals surface area contributed by atoms with Gasteiger partial charge in [-0.05, 0) is 32.6 Å². The molecule has 1 fully saturated rings. The SMILES string of the molecule is CCCN(CCC)c1nc(C)cc(NC2CCCC2)n1. The first-order valence-corrected chi connectivity index (χ1v) is 8.10. The van der Waals surface area contributed by atoms with Crippen molar-refractivity contribution >= 4 is 11.8 Å². The summed E-state index contributed by atoms with van der Waals surface area (Å²) in [5.41, 5.74) is 1.05. The van der Waals surface area contributed by atoms with Gasteiger partial charge in [-0.1, -0.05) is 26.7 Å². The lowest BCUT2D eigenvalue weighted by Crippen LogP contribution is -2.27. The lowest BCUT2D eigenvalue weighted by molar-refractivity contribution is 0.714. The molecular formula is C16H28N4. The largest absolute Gasteiger partial charge is 0.367 e. The number of aryl methyl sites for hydroxylation is 1. The molecule has 1 heterocycles. The number of nitrogens with one attached hydrogen (secondary N) is 1. The van der Waals surface area contributed by atoms with E-state index in [0.29, 0.717) is 6.04 Å². The highest BCUT2D eigenvalue weighted by Crippen LogP contribution is 2.22. The first kappa shape index (κ1) is 15.1. The standard InChI is InChI=1S/C16H28N4/c1-4-10-20(11-5-2)16-17-13(3)12-15(19-16)18-14-8-6-7-9-14/h12,14H,4-11H2,1-3H3,(H,17,18,19). The highest BCUT2D eigenvalue weighted by Gasteiger charge is 2.16. The van der Waals surface area contributed by atoms with Gasteiger partial charge >= 0.3 is 0 Å². The molecule has 2 rings (SSSR count). The molecule has 1 N–H and O–H groups in total. The van der Waals surface area contributed by atoms with E-state index >= 15 is 0 Å². The van der Waals surface area contributed by atoms with Crippen LogP contribution in [0.15, 0.2) is 6.07 Å². The van der Waals surface area contributed by atoms with Gasteiger partial charge in [0.05, 0.1) is 0 Å². The van der Waals surface area contributed by atoms with Crippen molar-refractivity contribution in [3.8, 4) is 0 Å². The zero-order valence-corrected chi connectivity index (χ0v) is 13.2. The summed E-state index contributed by atoms with van der Waals surface area (Å²) in [5.74, 6) is 1.88. The smallest absolute Gasteiger partial charge is 0.227 e. The Hall–Kier alpha value is -1.32. The number of hydrogen-bond donors (Lipinski definition) is 1. The van der Waals surface area contributed by atoms with Crippen LogP contribution in [-0.2, 0) is 0 Å². The fourth-order valence-corrected chi connectivity index (χ4v) is 2.90. The Balaban J connectivity index is 2.13. The first-order chi connectivity index (χ1) is 9.72. The molecule has 1 aromatic heterocycles. The van der Waals surface area contributed by atoms with E-state index in [4.69, 9.17) is 4.98 Å². The Labute approximate surface area is 123 Å². The summed E-state index contributed by atoms with van der Waals surface area (Å²) < 4.78 is 0. The summed E-state index contributed by atoms with van der Waals surface area (Å²) in [6.07, 6.45) is 7.47. The van der Waals surface area contributed by atoms with E-state index in [1.165, 1.54) is 25.7 Å². The lowest BCUT2D eigenvalue weighted by Gasteiger charge is -2.23. The van der Waals surface area contributed by atoms with Gasteiger partial charge in [-0.2, -0.15) is 4.98 Å². The zero-order valence-electron chi connectivity index (χ0n) is 13.2. The van der Waals surface area contributed by atoms with Crippen LogP contribution in [0, 0.1) is 6.92 Å². The van der Waals surface area contributed by atoms with Crippen LogP contribution in [0.3, 0.4) is 0 Å². The van der Waals surface area contributed by atoms with Gasteiger partial charge in [0, 0.05) is 30.9 Å². The molecule has 0 unspecified atom stereocenters. The predicted octanol–water partition coefficient (Wildman–Crippen LogP) is 3.77. The number of nitrogens with zero attached hydrogens (tertiary/aromatic N) is 3. The molecule has 0 bridgehead atoms. The predicted molar refractivity (Wildman–Crippen MR) is 85.4 cm³/mol. The number of anilines is 2. The van der Waals surface area contributed by atoms with Gasteiger partial charge in [-0.15, -0.1) is 0 Å². The summed E-state index contributed by atoms with van der Waals surface area (Å²) in [6.45, 7) is 8.52. The van der Waals surface area contributed by atoms with Gasteiger partial charge in [0.25, 0.3) is 0 Å². The van der Waals surface area contributed by atoms with Crippen molar-refractivity contribution in [2.24, 2.45) is 0 Å². The van der Waals surface area contributed by atoms with Gasteiger partial charge in [0.2, 0.25) is 5.95 Å². The maximum atomic E-state index is 4.74. The third-order valence-electron chi connectivity index (χ3n) is 3.82. The molecule has 0 aliphatic heterocycles. The molecule has 0 saturated heterocycles. The van der Waals surface area contributed by atoms with E-state index in [-0.39, 0.29) is 0 Å². The fraction of sp³-hybridized carbons (Fsp3) is 0.750. The number of rotatable bonds is 7. The Morgan fingerprint density at radius 2 is 1.80 bits per heavy atom. The minimum atomic E-state index is 0.600. The van der Waals surface area contributed by atoms with Crippen molar-refractivity contribution in [3.63, 3.8) is 0 Å². The summed E-state index contributed by atoms with van der Waals surface area (Å²) in [4.78, 5) is 11.7. The van der Waals surface area contributed by atoms with Crippen LogP contribution < -0.4 is 10.2 Å². The second-order valence-corrected chi connectivity index (χ2v) is 5.81. The summed E-state index contributed by atoms with van der Waals surface area (Å²) in [5, 5.41) is 3.58. The third-order valence-corrected chi connectivity index (χ3v) is 3.82. The molecule has 112 valence electrons. The molecule has 1 aliphatic rings. The second-order valence-electron chi connectivity index (χ2n) is 5.81. The summed E-state index contributed by atoms with van der Waals surface area (Å²) in [7, 11) is 0. The molecule has 4 heteroatoms. The first-order valence-electron chi connectivity index (χ1n) is 8.10. The molecule has 0 spiro atoms. The molecular weight excluding hydrogens is 248 g/mol. The van der Waals surface area contributed by atoms with Gasteiger partial charge in [0.1, 0.15) is 5.82 Å². The molecule has 1 aromatic rings. The highest BCUT2D eigenvalue weighted by atomic mass is 15.3. The lowest BCUT2D eigenvalue weighted by atomic mass is 10.2. The van der Waals surface area contributed by atoms with Crippen LogP contribution in [0.25, 0.3) is 0 Å². The van der Waals surface area contributed by atoms with E-state index in [9.17, 15) is 0 Å². The second kappa shape index (κ2) is 7.46. The van der Waals surface area contributed by atoms with Crippen LogP contribution >= 0.6 is 0 Å². The van der Waals surface area contributed by atoms with Gasteiger partial charge in [0.15, 0.2) is 0 Å². The Morgan fingerprint density at radius 1 is 1.15 bits per heavy atom. The molecule has 1 aliphatic carbocycles. The average molecular weight is 276 g/mol. The molecule has 4 nitrogen and oxygen atoms in total. The van der Waals surface area contributed by atoms with Gasteiger partial charge in [-0.3, -0.25) is 0 Å². The van der Waals surface area contributed by atoms with Crippen molar-refractivity contribution < 1.29 is 0 Å². The monoisotopic (exact) mass is 276 g/mol. The molecule has 0 amide bonds. The summed E-state index contributed by atoms with van der Waals surface area (Å²) >= 11 is 0. The third kappa shape index (κ3) is 4.09. The van der Waals surface area contributed by atoms with Gasteiger partial charge in [-0.25, -0.2) is 4.98 Å². The van der Waals surface area contributed by atoms with E-state index in [1.54, 1.807) is 0 Å². The van der Waals surface area contributed by atoms with Crippen molar-refractivity contribution in [3.05, 3.63) is 11.8 Å². The van der Waals surface area contributed by atoms with E-state index < -0.39 is 0 Å². The van der Waals surface area contributed by atoms with E-state index in [1.807, 2.05) is 0 Å². The minimum Gasteiger partial charge on any atom is -0.367 e. The maximum absolute atomic E-state index is 4.74. The quantitative estimate of drug-likeness (QED) is 0.823. The molecule has 0 aromatic carbocycles. The zero-order chi connectivity index (χ0) is 14.4. The van der Waals surface area contributed by atoms with Crippen molar-refractivity contribution in [1.29, 1.82) is 0 Å². The molecule has 0 atom stereocenters. The Kier molecular flexibility index (Phi) is 5.62. The van der Waals surface area contributed by atoms with Crippen LogP contribution in [-0.4, -0.2) is 29.1 Å². The average Bonchev–Trinajstić information content (AvgIpc) is 2.90. The van der Waals surface area contributed by atoms with Gasteiger partial charge < -0.3 is 10.2 Å². The van der Waals surface area contributed by atoms with Crippen LogP contribution in [0.5, 0.6) is 0 Å². The highest BCUT2D eigenvalue weighted by molar-refractivity contribution is 5.44. The minimum absolute atomic E-state index is 0.600. The topological polar surface area (TPSA) is 41.1 Å². The Bertz CT molecular complexity index is 407. The normalized spacial score (nSPS) is 15.6. The van der Waals surface area contributed by atoms with Crippen LogP contribution in [0.2, 0.25) is 0 Å².